The van der Waals surface area contributed by atoms with Gasteiger partial charge in [0.15, 0.2) is 5.43 Å². The van der Waals surface area contributed by atoms with Gasteiger partial charge >= 0.3 is 0 Å². The van der Waals surface area contributed by atoms with Gasteiger partial charge in [0.05, 0.1) is 23.8 Å². The predicted octanol–water partition coefficient (Wildman–Crippen LogP) is 3.81. The molecule has 27 heavy (non-hydrogen) atoms. The maximum atomic E-state index is 12.8. The van der Waals surface area contributed by atoms with Gasteiger partial charge in [0.25, 0.3) is 0 Å². The standard InChI is InChI=1S/C20H20N6O/c1-2-26-12-15(10-23-25-21)19(27)18-9-17(11-22-20(18)26)24-16-7-13-5-3-4-6-14(13)8-16/h3-6,9,11-12,16,24H,2,7-8,10H2,1H3. The van der Waals surface area contributed by atoms with Gasteiger partial charge in [-0.3, -0.25) is 4.79 Å². The Morgan fingerprint density at radius 3 is 2.74 bits per heavy atom. The van der Waals surface area contributed by atoms with Crippen LogP contribution in [0.25, 0.3) is 21.5 Å². The van der Waals surface area contributed by atoms with Crippen molar-refractivity contribution in [2.24, 2.45) is 5.11 Å². The molecule has 0 atom stereocenters. The second kappa shape index (κ2) is 7.13. The van der Waals surface area contributed by atoms with Gasteiger partial charge < -0.3 is 9.88 Å². The number of anilines is 1. The van der Waals surface area contributed by atoms with E-state index in [1.165, 1.54) is 11.1 Å². The average molecular weight is 360 g/mol. The Bertz CT molecular complexity index is 1090. The molecule has 0 amide bonds. The lowest BCUT2D eigenvalue weighted by Crippen LogP contribution is -2.20. The molecule has 1 aliphatic carbocycles. The minimum absolute atomic E-state index is 0.0425. The molecular formula is C20H20N6O. The van der Waals surface area contributed by atoms with E-state index < -0.39 is 0 Å². The van der Waals surface area contributed by atoms with E-state index >= 15 is 0 Å². The first kappa shape index (κ1) is 17.1. The molecular weight excluding hydrogens is 340 g/mol. The fraction of sp³-hybridized carbons (Fsp3) is 0.300. The van der Waals surface area contributed by atoms with Crippen LogP contribution in [0.4, 0.5) is 5.69 Å². The van der Waals surface area contributed by atoms with Crippen molar-refractivity contribution in [3.05, 3.63) is 80.1 Å². The lowest BCUT2D eigenvalue weighted by Gasteiger charge is -2.15. The Morgan fingerprint density at radius 1 is 1.33 bits per heavy atom. The zero-order chi connectivity index (χ0) is 18.8. The number of aromatic nitrogens is 2. The Morgan fingerprint density at radius 2 is 2.07 bits per heavy atom. The minimum atomic E-state index is -0.132. The van der Waals surface area contributed by atoms with Crippen molar-refractivity contribution in [2.75, 3.05) is 5.32 Å². The highest BCUT2D eigenvalue weighted by molar-refractivity contribution is 5.79. The Labute approximate surface area is 156 Å². The quantitative estimate of drug-likeness (QED) is 0.426. The highest BCUT2D eigenvalue weighted by atomic mass is 16.1. The summed E-state index contributed by atoms with van der Waals surface area (Å²) in [6.07, 6.45) is 5.44. The average Bonchev–Trinajstić information content (AvgIpc) is 3.10. The van der Waals surface area contributed by atoms with E-state index in [1.54, 1.807) is 12.4 Å². The van der Waals surface area contributed by atoms with E-state index in [0.29, 0.717) is 29.2 Å². The smallest absolute Gasteiger partial charge is 0.194 e. The number of benzene rings is 1. The Balaban J connectivity index is 1.68. The van der Waals surface area contributed by atoms with Crippen molar-refractivity contribution in [3.63, 3.8) is 0 Å². The van der Waals surface area contributed by atoms with E-state index in [4.69, 9.17) is 5.53 Å². The Kier molecular flexibility index (Phi) is 4.52. The molecule has 4 rings (SSSR count). The van der Waals surface area contributed by atoms with Crippen LogP contribution in [0.1, 0.15) is 23.6 Å². The first-order valence-corrected chi connectivity index (χ1v) is 9.06. The molecule has 1 N–H and O–H groups in total. The second-order valence-electron chi connectivity index (χ2n) is 6.77. The summed E-state index contributed by atoms with van der Waals surface area (Å²) < 4.78 is 1.91. The van der Waals surface area contributed by atoms with Crippen LogP contribution in [-0.4, -0.2) is 15.6 Å². The molecule has 0 saturated heterocycles. The van der Waals surface area contributed by atoms with Crippen LogP contribution in [-0.2, 0) is 25.9 Å². The summed E-state index contributed by atoms with van der Waals surface area (Å²) in [6.45, 7) is 2.71. The zero-order valence-corrected chi connectivity index (χ0v) is 15.1. The lowest BCUT2D eigenvalue weighted by molar-refractivity contribution is 0.762. The van der Waals surface area contributed by atoms with E-state index in [0.717, 1.165) is 18.5 Å². The molecule has 7 heteroatoms. The number of nitrogens with zero attached hydrogens (tertiary/aromatic N) is 5. The van der Waals surface area contributed by atoms with Crippen molar-refractivity contribution >= 4 is 16.7 Å². The maximum Gasteiger partial charge on any atom is 0.194 e. The summed E-state index contributed by atoms with van der Waals surface area (Å²) in [5, 5.41) is 7.60. The summed E-state index contributed by atoms with van der Waals surface area (Å²) in [5.74, 6) is 0. The van der Waals surface area contributed by atoms with Crippen molar-refractivity contribution in [2.45, 2.75) is 38.9 Å². The van der Waals surface area contributed by atoms with Gasteiger partial charge in [-0.2, -0.15) is 0 Å². The molecule has 0 spiro atoms. The zero-order valence-electron chi connectivity index (χ0n) is 15.1. The monoisotopic (exact) mass is 360 g/mol. The first-order chi connectivity index (χ1) is 13.2. The third-order valence-corrected chi connectivity index (χ3v) is 5.05. The number of rotatable bonds is 5. The van der Waals surface area contributed by atoms with Crippen molar-refractivity contribution in [1.82, 2.24) is 9.55 Å². The number of hydrogen-bond donors (Lipinski definition) is 1. The third-order valence-electron chi connectivity index (χ3n) is 5.05. The highest BCUT2D eigenvalue weighted by Crippen LogP contribution is 2.25. The third kappa shape index (κ3) is 3.25. The van der Waals surface area contributed by atoms with Crippen LogP contribution >= 0.6 is 0 Å². The molecule has 2 aromatic heterocycles. The van der Waals surface area contributed by atoms with Gasteiger partial charge in [-0.15, -0.1) is 0 Å². The summed E-state index contributed by atoms with van der Waals surface area (Å²) in [6, 6.07) is 10.6. The van der Waals surface area contributed by atoms with Crippen LogP contribution < -0.4 is 10.7 Å². The number of nitrogens with one attached hydrogen (secondary N) is 1. The largest absolute Gasteiger partial charge is 0.380 e. The number of pyridine rings is 2. The van der Waals surface area contributed by atoms with Gasteiger partial charge in [0.2, 0.25) is 0 Å². The van der Waals surface area contributed by atoms with Crippen molar-refractivity contribution < 1.29 is 0 Å². The van der Waals surface area contributed by atoms with Gasteiger partial charge in [0.1, 0.15) is 5.65 Å². The van der Waals surface area contributed by atoms with Gasteiger partial charge in [-0.05, 0) is 42.5 Å². The number of hydrogen-bond acceptors (Lipinski definition) is 4. The SMILES string of the molecule is CCn1cc(CN=[N+]=[N-])c(=O)c2cc(NC3Cc4ccccc4C3)cnc21. The fourth-order valence-electron chi connectivity index (χ4n) is 3.77. The van der Waals surface area contributed by atoms with Crippen LogP contribution in [0.2, 0.25) is 0 Å². The minimum Gasteiger partial charge on any atom is -0.380 e. The highest BCUT2D eigenvalue weighted by Gasteiger charge is 2.21. The summed E-state index contributed by atoms with van der Waals surface area (Å²) in [4.78, 5) is 20.1. The van der Waals surface area contributed by atoms with Crippen LogP contribution in [0.15, 0.2) is 52.6 Å². The molecule has 136 valence electrons. The molecule has 1 aliphatic rings. The van der Waals surface area contributed by atoms with Crippen LogP contribution in [0.5, 0.6) is 0 Å². The van der Waals surface area contributed by atoms with E-state index in [1.807, 2.05) is 17.6 Å². The van der Waals surface area contributed by atoms with Crippen molar-refractivity contribution in [1.29, 1.82) is 0 Å². The number of aryl methyl sites for hydroxylation is 1. The first-order valence-electron chi connectivity index (χ1n) is 9.06. The molecule has 0 aliphatic heterocycles. The summed E-state index contributed by atoms with van der Waals surface area (Å²) in [7, 11) is 0. The second-order valence-corrected chi connectivity index (χ2v) is 6.77. The molecule has 0 unspecified atom stereocenters. The fourth-order valence-corrected chi connectivity index (χ4v) is 3.77. The molecule has 2 heterocycles. The van der Waals surface area contributed by atoms with Crippen LogP contribution in [0.3, 0.4) is 0 Å². The van der Waals surface area contributed by atoms with Gasteiger partial charge in [-0.25, -0.2) is 4.98 Å². The number of azide groups is 1. The van der Waals surface area contributed by atoms with E-state index in [2.05, 4.69) is 44.6 Å². The predicted molar refractivity (Wildman–Crippen MR) is 106 cm³/mol. The summed E-state index contributed by atoms with van der Waals surface area (Å²) in [5.41, 5.74) is 13.1. The van der Waals surface area contributed by atoms with Crippen molar-refractivity contribution in [3.8, 4) is 0 Å². The Hall–Kier alpha value is -3.31. The molecule has 7 nitrogen and oxygen atoms in total. The van der Waals surface area contributed by atoms with Gasteiger partial charge in [-0.1, -0.05) is 29.4 Å². The normalized spacial score (nSPS) is 13.4. The molecule has 1 aromatic carbocycles. The van der Waals surface area contributed by atoms with E-state index in [-0.39, 0.29) is 12.0 Å². The molecule has 0 fully saturated rings. The van der Waals surface area contributed by atoms with Crippen LogP contribution in [0, 0.1) is 0 Å². The molecule has 0 radical (unpaired) electrons. The van der Waals surface area contributed by atoms with E-state index in [9.17, 15) is 4.79 Å². The topological polar surface area (TPSA) is 95.7 Å². The molecule has 0 saturated carbocycles. The number of fused-ring (bicyclic) bond motifs is 2. The molecule has 0 bridgehead atoms. The summed E-state index contributed by atoms with van der Waals surface area (Å²) >= 11 is 0. The molecule has 3 aromatic rings. The lowest BCUT2D eigenvalue weighted by atomic mass is 10.1. The van der Waals surface area contributed by atoms with Gasteiger partial charge in [0, 0.05) is 29.3 Å². The maximum absolute atomic E-state index is 12.8.